The highest BCUT2D eigenvalue weighted by Crippen LogP contribution is 2.25. The molecule has 9 heteroatoms. The maximum Gasteiger partial charge on any atom is 0.410 e. The van der Waals surface area contributed by atoms with E-state index in [1.165, 1.54) is 0 Å². The molecule has 0 unspecified atom stereocenters. The second-order valence-electron chi connectivity index (χ2n) is 8.90. The van der Waals surface area contributed by atoms with E-state index >= 15 is 0 Å². The second-order valence-corrected chi connectivity index (χ2v) is 8.90. The number of fused-ring (bicyclic) bond motifs is 1. The first-order valence-electron chi connectivity index (χ1n) is 11.7. The van der Waals surface area contributed by atoms with Crippen LogP contribution in [0.1, 0.15) is 46.9 Å². The van der Waals surface area contributed by atoms with Crippen molar-refractivity contribution in [2.45, 2.75) is 39.6 Å². The average molecular weight is 483 g/mol. The largest absolute Gasteiger partial charge is 0.445 e. The maximum absolute atomic E-state index is 13.0. The van der Waals surface area contributed by atoms with Gasteiger partial charge < -0.3 is 14.6 Å². The lowest BCUT2D eigenvalue weighted by Gasteiger charge is -2.15. The Kier molecular flexibility index (Phi) is 6.44. The first kappa shape index (κ1) is 23.2. The zero-order valence-electron chi connectivity index (χ0n) is 20.1. The van der Waals surface area contributed by atoms with Crippen molar-refractivity contribution in [2.24, 2.45) is 0 Å². The number of hydrogen-bond acceptors (Lipinski definition) is 6. The number of amides is 2. The average Bonchev–Trinajstić information content (AvgIpc) is 3.55. The summed E-state index contributed by atoms with van der Waals surface area (Å²) in [6.45, 7) is 5.14. The number of carbonyl (C=O) groups excluding carboxylic acids is 2. The summed E-state index contributed by atoms with van der Waals surface area (Å²) in [4.78, 5) is 31.7. The van der Waals surface area contributed by atoms with E-state index in [4.69, 9.17) is 4.74 Å². The van der Waals surface area contributed by atoms with Gasteiger partial charge in [0.25, 0.3) is 5.91 Å². The molecular formula is C27H26N6O3. The molecule has 0 fully saturated rings. The van der Waals surface area contributed by atoms with Crippen molar-refractivity contribution in [3.05, 3.63) is 95.3 Å². The van der Waals surface area contributed by atoms with Gasteiger partial charge >= 0.3 is 6.09 Å². The fourth-order valence-corrected chi connectivity index (χ4v) is 4.10. The van der Waals surface area contributed by atoms with Gasteiger partial charge in [-0.2, -0.15) is 0 Å². The van der Waals surface area contributed by atoms with Crippen LogP contribution < -0.4 is 5.32 Å². The predicted molar refractivity (Wildman–Crippen MR) is 134 cm³/mol. The summed E-state index contributed by atoms with van der Waals surface area (Å²) >= 11 is 0. The van der Waals surface area contributed by atoms with Crippen molar-refractivity contribution >= 4 is 17.8 Å². The van der Waals surface area contributed by atoms with Gasteiger partial charge in [-0.3, -0.25) is 9.69 Å². The molecule has 0 radical (unpaired) electrons. The third-order valence-electron chi connectivity index (χ3n) is 6.00. The standard InChI is InChI=1S/C27H26N6O3/c1-18(2)33-17-28-31-25(33)23-9-6-10-24(29-23)30-26(34)20-11-12-21-14-32(15-22(21)13-20)27(35)36-16-19-7-4-3-5-8-19/h3-13,17-18H,14-16H2,1-2H3,(H,29,30,34). The molecule has 3 heterocycles. The van der Waals surface area contributed by atoms with Gasteiger partial charge in [0.2, 0.25) is 0 Å². The Labute approximate surface area is 208 Å². The third kappa shape index (κ3) is 4.95. The molecule has 0 spiro atoms. The van der Waals surface area contributed by atoms with E-state index in [1.807, 2.05) is 73.0 Å². The third-order valence-corrected chi connectivity index (χ3v) is 6.00. The van der Waals surface area contributed by atoms with Gasteiger partial charge in [-0.25, -0.2) is 9.78 Å². The normalized spacial score (nSPS) is 12.5. The van der Waals surface area contributed by atoms with Crippen molar-refractivity contribution in [3.8, 4) is 11.5 Å². The molecule has 0 saturated heterocycles. The van der Waals surface area contributed by atoms with E-state index in [-0.39, 0.29) is 24.6 Å². The highest BCUT2D eigenvalue weighted by atomic mass is 16.6. The summed E-state index contributed by atoms with van der Waals surface area (Å²) in [7, 11) is 0. The van der Waals surface area contributed by atoms with Gasteiger partial charge in [-0.1, -0.05) is 42.5 Å². The molecule has 36 heavy (non-hydrogen) atoms. The van der Waals surface area contributed by atoms with Crippen LogP contribution in [0.25, 0.3) is 11.5 Å². The molecular weight excluding hydrogens is 456 g/mol. The molecule has 2 amide bonds. The molecule has 1 N–H and O–H groups in total. The fraction of sp³-hybridized carbons (Fsp3) is 0.222. The van der Waals surface area contributed by atoms with Crippen LogP contribution in [0, 0.1) is 0 Å². The minimum atomic E-state index is -0.378. The van der Waals surface area contributed by atoms with Gasteiger partial charge in [0, 0.05) is 24.7 Å². The van der Waals surface area contributed by atoms with Crippen LogP contribution in [0.2, 0.25) is 0 Å². The first-order valence-corrected chi connectivity index (χ1v) is 11.7. The molecule has 0 atom stereocenters. The van der Waals surface area contributed by atoms with Crippen molar-refractivity contribution in [3.63, 3.8) is 0 Å². The van der Waals surface area contributed by atoms with Crippen molar-refractivity contribution in [1.29, 1.82) is 0 Å². The van der Waals surface area contributed by atoms with E-state index < -0.39 is 0 Å². The Hall–Kier alpha value is -4.53. The Balaban J connectivity index is 1.24. The van der Waals surface area contributed by atoms with Crippen molar-refractivity contribution in [2.75, 3.05) is 5.32 Å². The minimum Gasteiger partial charge on any atom is -0.445 e. The molecule has 1 aliphatic rings. The number of nitrogens with zero attached hydrogens (tertiary/aromatic N) is 5. The Morgan fingerprint density at radius 2 is 1.81 bits per heavy atom. The molecule has 1 aliphatic heterocycles. The summed E-state index contributed by atoms with van der Waals surface area (Å²) in [5.41, 5.74) is 3.97. The van der Waals surface area contributed by atoms with Crippen LogP contribution in [0.5, 0.6) is 0 Å². The van der Waals surface area contributed by atoms with Gasteiger partial charge in [0.15, 0.2) is 5.82 Å². The van der Waals surface area contributed by atoms with Crippen LogP contribution in [-0.4, -0.2) is 36.6 Å². The minimum absolute atomic E-state index is 0.177. The lowest BCUT2D eigenvalue weighted by atomic mass is 10.1. The summed E-state index contributed by atoms with van der Waals surface area (Å²) in [5, 5.41) is 11.0. The zero-order chi connectivity index (χ0) is 25.1. The highest BCUT2D eigenvalue weighted by molar-refractivity contribution is 6.04. The quantitative estimate of drug-likeness (QED) is 0.423. The summed E-state index contributed by atoms with van der Waals surface area (Å²) in [6.07, 6.45) is 1.29. The SMILES string of the molecule is CC(C)n1cnnc1-c1cccc(NC(=O)c2ccc3c(c2)CN(C(=O)OCc2ccccc2)C3)n1. The van der Waals surface area contributed by atoms with E-state index in [2.05, 4.69) is 20.5 Å². The summed E-state index contributed by atoms with van der Waals surface area (Å²) in [6, 6.07) is 20.6. The molecule has 2 aromatic heterocycles. The Morgan fingerprint density at radius 3 is 2.61 bits per heavy atom. The van der Waals surface area contributed by atoms with Gasteiger partial charge in [0.05, 0.1) is 0 Å². The van der Waals surface area contributed by atoms with Crippen LogP contribution >= 0.6 is 0 Å². The molecule has 4 aromatic rings. The lowest BCUT2D eigenvalue weighted by Crippen LogP contribution is -2.26. The smallest absolute Gasteiger partial charge is 0.410 e. The number of anilines is 1. The van der Waals surface area contributed by atoms with Crippen LogP contribution in [0.15, 0.2) is 73.1 Å². The number of ether oxygens (including phenoxy) is 1. The van der Waals surface area contributed by atoms with E-state index in [9.17, 15) is 9.59 Å². The number of nitrogens with one attached hydrogen (secondary N) is 1. The topological polar surface area (TPSA) is 102 Å². The van der Waals surface area contributed by atoms with E-state index in [0.717, 1.165) is 16.7 Å². The Bertz CT molecular complexity index is 1400. The van der Waals surface area contributed by atoms with E-state index in [0.29, 0.717) is 36.0 Å². The Morgan fingerprint density at radius 1 is 1.00 bits per heavy atom. The predicted octanol–water partition coefficient (Wildman–Crippen LogP) is 4.83. The highest BCUT2D eigenvalue weighted by Gasteiger charge is 2.25. The summed E-state index contributed by atoms with van der Waals surface area (Å²) < 4.78 is 7.37. The van der Waals surface area contributed by atoms with Crippen molar-refractivity contribution in [1.82, 2.24) is 24.6 Å². The number of rotatable bonds is 6. The van der Waals surface area contributed by atoms with Gasteiger partial charge in [0.1, 0.15) is 24.4 Å². The number of aromatic nitrogens is 4. The second kappa shape index (κ2) is 9.99. The molecule has 0 aliphatic carbocycles. The van der Waals surface area contributed by atoms with E-state index in [1.54, 1.807) is 23.4 Å². The van der Waals surface area contributed by atoms with Crippen molar-refractivity contribution < 1.29 is 14.3 Å². The molecule has 9 nitrogen and oxygen atoms in total. The number of benzene rings is 2. The molecule has 0 bridgehead atoms. The molecule has 5 rings (SSSR count). The summed E-state index contributed by atoms with van der Waals surface area (Å²) in [5.74, 6) is 0.776. The van der Waals surface area contributed by atoms with Gasteiger partial charge in [-0.15, -0.1) is 10.2 Å². The number of hydrogen-bond donors (Lipinski definition) is 1. The van der Waals surface area contributed by atoms with Crippen LogP contribution in [0.3, 0.4) is 0 Å². The zero-order valence-corrected chi connectivity index (χ0v) is 20.1. The lowest BCUT2D eigenvalue weighted by molar-refractivity contribution is 0.0955. The van der Waals surface area contributed by atoms with Crippen LogP contribution in [0.4, 0.5) is 10.6 Å². The monoisotopic (exact) mass is 482 g/mol. The molecule has 0 saturated carbocycles. The molecule has 182 valence electrons. The van der Waals surface area contributed by atoms with Crippen LogP contribution in [-0.2, 0) is 24.4 Å². The first-order chi connectivity index (χ1) is 17.5. The molecule has 2 aromatic carbocycles. The van der Waals surface area contributed by atoms with Gasteiger partial charge in [-0.05, 0) is 54.8 Å². The number of carbonyl (C=O) groups is 2. The number of pyridine rings is 1. The maximum atomic E-state index is 13.0. The fourth-order valence-electron chi connectivity index (χ4n) is 4.10.